The lowest BCUT2D eigenvalue weighted by Crippen LogP contribution is -2.38. The maximum atomic E-state index is 12.7. The van der Waals surface area contributed by atoms with Crippen molar-refractivity contribution in [2.45, 2.75) is 31.8 Å². The molecular weight excluding hydrogens is 408 g/mol. The number of ether oxygens (including phenoxy) is 3. The van der Waals surface area contributed by atoms with E-state index in [1.54, 1.807) is 25.1 Å². The number of amides is 1. The molecule has 9 heteroatoms. The molecule has 2 rings (SSSR count). The molecule has 0 aliphatic carbocycles. The molecule has 1 atom stereocenters. The Balaban J connectivity index is 2.09. The first-order chi connectivity index (χ1) is 14.2. The van der Waals surface area contributed by atoms with Gasteiger partial charge in [-0.15, -0.1) is 0 Å². The molecule has 0 spiro atoms. The zero-order valence-electron chi connectivity index (χ0n) is 17.8. The van der Waals surface area contributed by atoms with E-state index in [4.69, 9.17) is 14.2 Å². The highest BCUT2D eigenvalue weighted by atomic mass is 32.2. The number of hydrogen-bond donors (Lipinski definition) is 2. The molecule has 1 amide bonds. The smallest absolute Gasteiger partial charge is 0.262 e. The molecule has 0 aliphatic rings. The van der Waals surface area contributed by atoms with Crippen molar-refractivity contribution in [3.63, 3.8) is 0 Å². The summed E-state index contributed by atoms with van der Waals surface area (Å²) in [6.45, 7) is 6.20. The fraction of sp³-hybridized carbons (Fsp3) is 0.381. The van der Waals surface area contributed by atoms with E-state index in [2.05, 4.69) is 10.0 Å². The van der Waals surface area contributed by atoms with Gasteiger partial charge in [0.1, 0.15) is 17.2 Å². The third kappa shape index (κ3) is 6.28. The number of benzene rings is 2. The van der Waals surface area contributed by atoms with Crippen LogP contribution in [0.4, 0.5) is 5.69 Å². The molecule has 0 aliphatic heterocycles. The van der Waals surface area contributed by atoms with Crippen molar-refractivity contribution >= 4 is 21.6 Å². The molecule has 30 heavy (non-hydrogen) atoms. The Morgan fingerprint density at radius 1 is 0.967 bits per heavy atom. The van der Waals surface area contributed by atoms with Crippen LogP contribution < -0.4 is 24.2 Å². The van der Waals surface area contributed by atoms with Crippen LogP contribution in [0.1, 0.15) is 20.8 Å². The first-order valence-corrected chi connectivity index (χ1v) is 10.9. The van der Waals surface area contributed by atoms with Gasteiger partial charge in [-0.1, -0.05) is 13.8 Å². The van der Waals surface area contributed by atoms with E-state index < -0.39 is 16.1 Å². The zero-order chi connectivity index (χ0) is 22.3. The molecule has 0 fully saturated rings. The summed E-state index contributed by atoms with van der Waals surface area (Å²) in [4.78, 5) is 12.1. The molecule has 0 radical (unpaired) electrons. The fourth-order valence-corrected chi connectivity index (χ4v) is 3.56. The van der Waals surface area contributed by atoms with Gasteiger partial charge in [0.25, 0.3) is 15.9 Å². The summed E-state index contributed by atoms with van der Waals surface area (Å²) in [5, 5.41) is 2.79. The molecule has 0 aromatic heterocycles. The van der Waals surface area contributed by atoms with Crippen LogP contribution in [0.15, 0.2) is 47.4 Å². The zero-order valence-corrected chi connectivity index (χ0v) is 18.6. The van der Waals surface area contributed by atoms with Gasteiger partial charge in [0.2, 0.25) is 0 Å². The van der Waals surface area contributed by atoms with Crippen molar-refractivity contribution in [2.24, 2.45) is 5.92 Å². The normalized spacial score (nSPS) is 12.2. The van der Waals surface area contributed by atoms with Crippen LogP contribution in [0.25, 0.3) is 0 Å². The molecular formula is C21H28N2O6S. The minimum atomic E-state index is -3.85. The average molecular weight is 437 g/mol. The third-order valence-electron chi connectivity index (χ3n) is 4.15. The maximum Gasteiger partial charge on any atom is 0.262 e. The fourth-order valence-electron chi connectivity index (χ4n) is 2.49. The van der Waals surface area contributed by atoms with Gasteiger partial charge in [0.15, 0.2) is 6.10 Å². The summed E-state index contributed by atoms with van der Waals surface area (Å²) in [5.74, 6) is 1.38. The lowest BCUT2D eigenvalue weighted by Gasteiger charge is -2.16. The van der Waals surface area contributed by atoms with Crippen LogP contribution in [0.3, 0.4) is 0 Å². The van der Waals surface area contributed by atoms with Crippen molar-refractivity contribution in [1.82, 2.24) is 5.32 Å². The Labute approximate surface area is 177 Å². The summed E-state index contributed by atoms with van der Waals surface area (Å²) >= 11 is 0. The number of anilines is 1. The Bertz CT molecular complexity index is 958. The van der Waals surface area contributed by atoms with Gasteiger partial charge in [-0.2, -0.15) is 0 Å². The first-order valence-electron chi connectivity index (χ1n) is 9.45. The van der Waals surface area contributed by atoms with Crippen molar-refractivity contribution in [2.75, 3.05) is 25.5 Å². The summed E-state index contributed by atoms with van der Waals surface area (Å²) in [6, 6.07) is 10.6. The molecule has 2 aromatic carbocycles. The van der Waals surface area contributed by atoms with E-state index in [-0.39, 0.29) is 16.5 Å². The maximum absolute atomic E-state index is 12.7. The number of carbonyl (C=O) groups excluding carboxylic acids is 1. The number of methoxy groups -OCH3 is 2. The van der Waals surface area contributed by atoms with Crippen LogP contribution in [-0.2, 0) is 14.8 Å². The Hall–Kier alpha value is -2.94. The minimum absolute atomic E-state index is 0.0460. The topological polar surface area (TPSA) is 103 Å². The summed E-state index contributed by atoms with van der Waals surface area (Å²) in [5.41, 5.74) is 0.286. The Morgan fingerprint density at radius 3 is 2.17 bits per heavy atom. The largest absolute Gasteiger partial charge is 0.497 e. The van der Waals surface area contributed by atoms with E-state index in [0.717, 1.165) is 0 Å². The molecule has 0 unspecified atom stereocenters. The highest BCUT2D eigenvalue weighted by Crippen LogP contribution is 2.31. The summed E-state index contributed by atoms with van der Waals surface area (Å²) < 4.78 is 43.9. The Morgan fingerprint density at radius 2 is 1.60 bits per heavy atom. The SMILES string of the molecule is COc1ccc(NS(=O)(=O)c2ccc(O[C@H](C)C(=O)NCC(C)C)cc2)c(OC)c1. The molecule has 0 heterocycles. The van der Waals surface area contributed by atoms with Crippen molar-refractivity contribution in [3.8, 4) is 17.2 Å². The van der Waals surface area contributed by atoms with Crippen molar-refractivity contribution in [1.29, 1.82) is 0 Å². The standard InChI is InChI=1S/C21H28N2O6S/c1-14(2)13-22-21(24)15(3)29-16-6-9-18(10-7-16)30(25,26)23-19-11-8-17(27-4)12-20(19)28-5/h6-12,14-15,23H,13H2,1-5H3,(H,22,24)/t15-/m1/s1. The van der Waals surface area contributed by atoms with Crippen LogP contribution in [0.2, 0.25) is 0 Å². The number of rotatable bonds is 10. The molecule has 164 valence electrons. The first kappa shape index (κ1) is 23.3. The van der Waals surface area contributed by atoms with Gasteiger partial charge in [-0.25, -0.2) is 8.42 Å². The van der Waals surface area contributed by atoms with Gasteiger partial charge < -0.3 is 19.5 Å². The van der Waals surface area contributed by atoms with E-state index in [0.29, 0.717) is 29.7 Å². The second-order valence-corrected chi connectivity index (χ2v) is 8.72. The highest BCUT2D eigenvalue weighted by Gasteiger charge is 2.19. The minimum Gasteiger partial charge on any atom is -0.497 e. The third-order valence-corrected chi connectivity index (χ3v) is 5.54. The number of carbonyl (C=O) groups is 1. The molecule has 2 N–H and O–H groups in total. The quantitative estimate of drug-likeness (QED) is 0.593. The molecule has 0 bridgehead atoms. The molecule has 8 nitrogen and oxygen atoms in total. The van der Waals surface area contributed by atoms with E-state index >= 15 is 0 Å². The predicted octanol–water partition coefficient (Wildman–Crippen LogP) is 3.04. The molecule has 2 aromatic rings. The van der Waals surface area contributed by atoms with Crippen LogP contribution in [-0.4, -0.2) is 41.2 Å². The summed E-state index contributed by atoms with van der Waals surface area (Å²) in [7, 11) is -0.898. The second kappa shape index (κ2) is 10.2. The molecule has 0 saturated carbocycles. The monoisotopic (exact) mass is 436 g/mol. The van der Waals surface area contributed by atoms with Crippen LogP contribution >= 0.6 is 0 Å². The Kier molecular flexibility index (Phi) is 7.93. The lowest BCUT2D eigenvalue weighted by molar-refractivity contribution is -0.127. The second-order valence-electron chi connectivity index (χ2n) is 7.04. The van der Waals surface area contributed by atoms with Crippen LogP contribution in [0, 0.1) is 5.92 Å². The van der Waals surface area contributed by atoms with E-state index in [1.807, 2.05) is 13.8 Å². The van der Waals surface area contributed by atoms with Crippen molar-refractivity contribution < 1.29 is 27.4 Å². The number of sulfonamides is 1. The highest BCUT2D eigenvalue weighted by molar-refractivity contribution is 7.92. The van der Waals surface area contributed by atoms with Gasteiger partial charge in [-0.3, -0.25) is 9.52 Å². The lowest BCUT2D eigenvalue weighted by atomic mass is 10.2. The van der Waals surface area contributed by atoms with E-state index in [1.165, 1.54) is 38.5 Å². The van der Waals surface area contributed by atoms with Gasteiger partial charge in [0.05, 0.1) is 24.8 Å². The van der Waals surface area contributed by atoms with E-state index in [9.17, 15) is 13.2 Å². The van der Waals surface area contributed by atoms with Gasteiger partial charge >= 0.3 is 0 Å². The number of nitrogens with one attached hydrogen (secondary N) is 2. The van der Waals surface area contributed by atoms with Gasteiger partial charge in [0, 0.05) is 12.6 Å². The average Bonchev–Trinajstić information content (AvgIpc) is 2.72. The molecule has 0 saturated heterocycles. The number of hydrogen-bond acceptors (Lipinski definition) is 6. The van der Waals surface area contributed by atoms with Crippen LogP contribution in [0.5, 0.6) is 17.2 Å². The van der Waals surface area contributed by atoms with Crippen molar-refractivity contribution in [3.05, 3.63) is 42.5 Å². The summed E-state index contributed by atoms with van der Waals surface area (Å²) in [6.07, 6.45) is -0.701. The predicted molar refractivity (Wildman–Crippen MR) is 115 cm³/mol. The van der Waals surface area contributed by atoms with Gasteiger partial charge in [-0.05, 0) is 49.2 Å².